The van der Waals surface area contributed by atoms with Crippen LogP contribution in [0.4, 0.5) is 0 Å². The Kier molecular flexibility index (Phi) is 7.11. The second-order valence-electron chi connectivity index (χ2n) is 6.66. The lowest BCUT2D eigenvalue weighted by Crippen LogP contribution is -2.64. The van der Waals surface area contributed by atoms with Crippen LogP contribution in [0.5, 0.6) is 0 Å². The van der Waals surface area contributed by atoms with Crippen molar-refractivity contribution < 1.29 is 14.7 Å². The van der Waals surface area contributed by atoms with E-state index >= 15 is 0 Å². The van der Waals surface area contributed by atoms with Crippen LogP contribution in [0.15, 0.2) is 21.4 Å². The lowest BCUT2D eigenvalue weighted by Gasteiger charge is -2.48. The standard InChI is InChI=1S/C16H20Br2N6O3S2/c1-4-16(18,8(2)17)7-19-10-12(25)24-11(14(26)27)9(5-28-13(10)24)6-29-15-20-21-22-23(15)3/h7-8,10,13H,4-6H2,1-3H3,(H,26,27)/t8?,10-,13+,16?/m1/s1. The first-order chi connectivity index (χ1) is 13.7. The van der Waals surface area contributed by atoms with Gasteiger partial charge in [0.25, 0.3) is 5.91 Å². The molecule has 1 saturated heterocycles. The van der Waals surface area contributed by atoms with Crippen molar-refractivity contribution in [3.63, 3.8) is 0 Å². The molecule has 0 aromatic carbocycles. The summed E-state index contributed by atoms with van der Waals surface area (Å²) in [4.78, 5) is 30.7. The van der Waals surface area contributed by atoms with Crippen molar-refractivity contribution in [3.8, 4) is 0 Å². The van der Waals surface area contributed by atoms with Crippen molar-refractivity contribution in [3.05, 3.63) is 11.3 Å². The van der Waals surface area contributed by atoms with Crippen LogP contribution in [0.2, 0.25) is 0 Å². The number of β-lactam (4-membered cyclic amide) rings is 1. The van der Waals surface area contributed by atoms with Crippen LogP contribution in [-0.2, 0) is 16.6 Å². The summed E-state index contributed by atoms with van der Waals surface area (Å²) in [6.45, 7) is 4.04. The van der Waals surface area contributed by atoms with E-state index in [2.05, 4.69) is 52.4 Å². The SMILES string of the molecule is CCC(Br)(C=N[C@@H]1C(=O)N2C(C(=O)O)=C(CSc3nnnn3C)CS[C@@H]12)C(C)Br. The van der Waals surface area contributed by atoms with E-state index in [-0.39, 0.29) is 26.1 Å². The summed E-state index contributed by atoms with van der Waals surface area (Å²) in [5.41, 5.74) is 0.738. The number of hydrogen-bond donors (Lipinski definition) is 1. The molecule has 0 radical (unpaired) electrons. The number of fused-ring (bicyclic) bond motifs is 1. The van der Waals surface area contributed by atoms with Crippen LogP contribution < -0.4 is 0 Å². The molecule has 0 bridgehead atoms. The highest BCUT2D eigenvalue weighted by atomic mass is 79.9. The monoisotopic (exact) mass is 566 g/mol. The second kappa shape index (κ2) is 9.06. The minimum atomic E-state index is -1.10. The van der Waals surface area contributed by atoms with E-state index in [9.17, 15) is 14.7 Å². The fourth-order valence-corrected chi connectivity index (χ4v) is 5.84. The maximum atomic E-state index is 12.7. The van der Waals surface area contributed by atoms with Gasteiger partial charge in [-0.2, -0.15) is 0 Å². The van der Waals surface area contributed by atoms with Gasteiger partial charge in [-0.05, 0) is 22.4 Å². The molecule has 1 N–H and O–H groups in total. The first kappa shape index (κ1) is 22.8. The number of hydrogen-bond acceptors (Lipinski definition) is 8. The molecular weight excluding hydrogens is 548 g/mol. The molecule has 4 atom stereocenters. The summed E-state index contributed by atoms with van der Waals surface area (Å²) in [6.07, 6.45) is 2.56. The van der Waals surface area contributed by atoms with Gasteiger partial charge in [-0.3, -0.25) is 14.7 Å². The Bertz CT molecular complexity index is 877. The molecule has 1 amide bonds. The van der Waals surface area contributed by atoms with Crippen LogP contribution in [0.25, 0.3) is 0 Å². The highest BCUT2D eigenvalue weighted by Gasteiger charge is 2.53. The Labute approximate surface area is 193 Å². The van der Waals surface area contributed by atoms with E-state index in [1.54, 1.807) is 13.3 Å². The third-order valence-corrected chi connectivity index (χ3v) is 10.1. The summed E-state index contributed by atoms with van der Waals surface area (Å²) in [5.74, 6) is -0.473. The average molecular weight is 568 g/mol. The number of carboxylic acid groups (broad SMARTS) is 1. The Morgan fingerprint density at radius 3 is 2.86 bits per heavy atom. The highest BCUT2D eigenvalue weighted by Crippen LogP contribution is 2.43. The number of carboxylic acids is 1. The number of aromatic nitrogens is 4. The molecule has 13 heteroatoms. The minimum Gasteiger partial charge on any atom is -0.477 e. The molecular formula is C16H20Br2N6O3S2. The molecule has 29 heavy (non-hydrogen) atoms. The molecule has 3 rings (SSSR count). The van der Waals surface area contributed by atoms with Crippen molar-refractivity contribution in [2.45, 2.75) is 46.0 Å². The summed E-state index contributed by atoms with van der Waals surface area (Å²) < 4.78 is 1.17. The van der Waals surface area contributed by atoms with Gasteiger partial charge in [-0.1, -0.05) is 57.5 Å². The first-order valence-corrected chi connectivity index (χ1v) is 12.6. The van der Waals surface area contributed by atoms with E-state index in [0.717, 1.165) is 6.42 Å². The van der Waals surface area contributed by atoms with Crippen molar-refractivity contribution in [1.82, 2.24) is 25.1 Å². The van der Waals surface area contributed by atoms with Crippen LogP contribution in [-0.4, -0.2) is 80.4 Å². The molecule has 1 aromatic rings. The molecule has 0 spiro atoms. The molecule has 9 nitrogen and oxygen atoms in total. The van der Waals surface area contributed by atoms with Gasteiger partial charge in [0.05, 0.1) is 4.32 Å². The predicted octanol–water partition coefficient (Wildman–Crippen LogP) is 2.32. The van der Waals surface area contributed by atoms with Crippen LogP contribution in [0.1, 0.15) is 20.3 Å². The molecule has 1 aromatic heterocycles. The normalized spacial score (nSPS) is 25.0. The predicted molar refractivity (Wildman–Crippen MR) is 120 cm³/mol. The Morgan fingerprint density at radius 1 is 1.59 bits per heavy atom. The van der Waals surface area contributed by atoms with Gasteiger partial charge in [0.1, 0.15) is 11.1 Å². The highest BCUT2D eigenvalue weighted by molar-refractivity contribution is 9.12. The fraction of sp³-hybridized carbons (Fsp3) is 0.625. The van der Waals surface area contributed by atoms with E-state index in [4.69, 9.17) is 0 Å². The van der Waals surface area contributed by atoms with Crippen LogP contribution in [0, 0.1) is 0 Å². The zero-order valence-electron chi connectivity index (χ0n) is 16.0. The quantitative estimate of drug-likeness (QED) is 0.220. The Balaban J connectivity index is 1.77. The molecule has 0 aliphatic carbocycles. The van der Waals surface area contributed by atoms with Crippen molar-refractivity contribution in [2.24, 2.45) is 12.0 Å². The number of aliphatic carboxylic acids is 1. The minimum absolute atomic E-state index is 0.0577. The lowest BCUT2D eigenvalue weighted by atomic mass is 10.0. The second-order valence-corrected chi connectivity index (χ2v) is 11.6. The number of rotatable bonds is 8. The third kappa shape index (κ3) is 4.42. The van der Waals surface area contributed by atoms with Crippen LogP contribution in [0.3, 0.4) is 0 Å². The van der Waals surface area contributed by atoms with Gasteiger partial charge < -0.3 is 5.11 Å². The molecule has 1 fully saturated rings. The Hall–Kier alpha value is -0.920. The molecule has 2 aliphatic rings. The average Bonchev–Trinajstić information content (AvgIpc) is 3.09. The van der Waals surface area contributed by atoms with Gasteiger partial charge >= 0.3 is 5.97 Å². The number of alkyl halides is 2. The number of aryl methyl sites for hydroxylation is 1. The van der Waals surface area contributed by atoms with Crippen LogP contribution >= 0.6 is 55.4 Å². The summed E-state index contributed by atoms with van der Waals surface area (Å²) >= 11 is 10.1. The molecule has 2 unspecified atom stereocenters. The van der Waals surface area contributed by atoms with Gasteiger partial charge in [0.15, 0.2) is 6.04 Å². The number of carbonyl (C=O) groups excluding carboxylic acids is 1. The zero-order valence-corrected chi connectivity index (χ0v) is 20.8. The summed E-state index contributed by atoms with van der Waals surface area (Å²) in [7, 11) is 1.72. The summed E-state index contributed by atoms with van der Waals surface area (Å²) in [6, 6.07) is -0.568. The molecule has 158 valence electrons. The third-order valence-electron chi connectivity index (χ3n) is 4.83. The number of amides is 1. The lowest BCUT2D eigenvalue weighted by molar-refractivity contribution is -0.147. The molecule has 2 aliphatic heterocycles. The largest absolute Gasteiger partial charge is 0.477 e. The molecule has 0 saturated carbocycles. The van der Waals surface area contributed by atoms with Crippen molar-refractivity contribution in [2.75, 3.05) is 11.5 Å². The maximum Gasteiger partial charge on any atom is 0.352 e. The number of tetrazole rings is 1. The van der Waals surface area contributed by atoms with Crippen molar-refractivity contribution in [1.29, 1.82) is 0 Å². The topological polar surface area (TPSA) is 114 Å². The zero-order chi connectivity index (χ0) is 21.3. The van der Waals surface area contributed by atoms with Crippen molar-refractivity contribution >= 4 is 73.5 Å². The number of aliphatic imine (C=N–C) groups is 1. The van der Waals surface area contributed by atoms with Gasteiger partial charge in [-0.25, -0.2) is 9.48 Å². The fourth-order valence-electron chi connectivity index (χ4n) is 2.95. The number of carbonyl (C=O) groups is 2. The number of thioether (sulfide) groups is 2. The Morgan fingerprint density at radius 2 is 2.31 bits per heavy atom. The van der Waals surface area contributed by atoms with E-state index in [1.165, 1.54) is 33.1 Å². The van der Waals surface area contributed by atoms with Gasteiger partial charge in [0, 0.05) is 29.6 Å². The smallest absolute Gasteiger partial charge is 0.352 e. The number of halogens is 2. The van der Waals surface area contributed by atoms with E-state index in [1.807, 2.05) is 13.8 Å². The molecule has 3 heterocycles. The van der Waals surface area contributed by atoms with E-state index < -0.39 is 12.0 Å². The number of nitrogens with zero attached hydrogens (tertiary/aromatic N) is 6. The first-order valence-electron chi connectivity index (χ1n) is 8.82. The van der Waals surface area contributed by atoms with E-state index in [0.29, 0.717) is 22.2 Å². The van der Waals surface area contributed by atoms with Gasteiger partial charge in [-0.15, -0.1) is 16.9 Å². The van der Waals surface area contributed by atoms with Gasteiger partial charge in [0.2, 0.25) is 5.16 Å². The maximum absolute atomic E-state index is 12.7. The summed E-state index contributed by atoms with van der Waals surface area (Å²) in [5, 5.41) is 21.3.